The van der Waals surface area contributed by atoms with Crippen LogP contribution in [0.3, 0.4) is 0 Å². The molecule has 0 aliphatic carbocycles. The maximum atomic E-state index is 13.0. The highest BCUT2D eigenvalue weighted by Gasteiger charge is 2.41. The van der Waals surface area contributed by atoms with Crippen LogP contribution in [0.5, 0.6) is 0 Å². The van der Waals surface area contributed by atoms with Gasteiger partial charge in [-0.3, -0.25) is 4.79 Å². The summed E-state index contributed by atoms with van der Waals surface area (Å²) < 4.78 is 5.51. The first kappa shape index (κ1) is 19.0. The second-order valence-corrected chi connectivity index (χ2v) is 7.86. The van der Waals surface area contributed by atoms with Gasteiger partial charge in [-0.15, -0.1) is 0 Å². The zero-order valence-corrected chi connectivity index (χ0v) is 16.0. The van der Waals surface area contributed by atoms with E-state index in [0.29, 0.717) is 13.1 Å². The summed E-state index contributed by atoms with van der Waals surface area (Å²) in [5.74, 6) is -0.483. The number of anilines is 1. The van der Waals surface area contributed by atoms with E-state index in [1.54, 1.807) is 4.90 Å². The molecule has 2 amide bonds. The lowest BCUT2D eigenvalue weighted by molar-refractivity contribution is -0.119. The van der Waals surface area contributed by atoms with Crippen LogP contribution in [-0.2, 0) is 9.53 Å². The monoisotopic (exact) mass is 366 g/mol. The van der Waals surface area contributed by atoms with Crippen molar-refractivity contribution >= 4 is 17.7 Å². The zero-order chi connectivity index (χ0) is 19.4. The Hall–Kier alpha value is -2.82. The normalized spacial score (nSPS) is 19.6. The lowest BCUT2D eigenvalue weighted by Gasteiger charge is -2.24. The molecule has 0 spiro atoms. The molecule has 5 nitrogen and oxygen atoms in total. The predicted molar refractivity (Wildman–Crippen MR) is 106 cm³/mol. The Morgan fingerprint density at radius 3 is 2.15 bits per heavy atom. The summed E-state index contributed by atoms with van der Waals surface area (Å²) in [7, 11) is 0. The standard InChI is InChI=1S/C22H26N2O3/c1-22(2,3)27-21(26)24-14-18(16-10-6-4-7-11-16)19(15-24)20(25)23-17-12-8-5-9-13-17/h4-13,18-19H,14-15H2,1-3H3,(H,23,25)/t18-,19+/m1/s1. The lowest BCUT2D eigenvalue weighted by Crippen LogP contribution is -2.36. The van der Waals surface area contributed by atoms with E-state index in [-0.39, 0.29) is 23.8 Å². The second-order valence-electron chi connectivity index (χ2n) is 7.86. The van der Waals surface area contributed by atoms with E-state index in [9.17, 15) is 9.59 Å². The molecule has 0 bridgehead atoms. The van der Waals surface area contributed by atoms with Crippen LogP contribution in [0, 0.1) is 5.92 Å². The quantitative estimate of drug-likeness (QED) is 0.882. The molecule has 2 atom stereocenters. The van der Waals surface area contributed by atoms with Crippen molar-refractivity contribution in [3.8, 4) is 0 Å². The molecule has 1 fully saturated rings. The molecule has 0 saturated carbocycles. The average molecular weight is 366 g/mol. The van der Waals surface area contributed by atoms with E-state index in [1.807, 2.05) is 81.4 Å². The molecule has 0 radical (unpaired) electrons. The third-order valence-electron chi connectivity index (χ3n) is 4.58. The summed E-state index contributed by atoms with van der Waals surface area (Å²) in [6.45, 7) is 6.33. The molecule has 27 heavy (non-hydrogen) atoms. The number of ether oxygens (including phenoxy) is 1. The fourth-order valence-corrected chi connectivity index (χ4v) is 3.34. The van der Waals surface area contributed by atoms with Crippen LogP contribution < -0.4 is 5.32 Å². The number of benzene rings is 2. The minimum absolute atomic E-state index is 0.0672. The van der Waals surface area contributed by atoms with Crippen LogP contribution in [0.4, 0.5) is 10.5 Å². The number of amides is 2. The fraction of sp³-hybridized carbons (Fsp3) is 0.364. The van der Waals surface area contributed by atoms with Gasteiger partial charge in [-0.05, 0) is 38.5 Å². The summed E-state index contributed by atoms with van der Waals surface area (Å²) in [5.41, 5.74) is 1.24. The highest BCUT2D eigenvalue weighted by molar-refractivity contribution is 5.94. The van der Waals surface area contributed by atoms with E-state index in [4.69, 9.17) is 4.74 Å². The Kier molecular flexibility index (Phi) is 5.49. The van der Waals surface area contributed by atoms with Crippen molar-refractivity contribution < 1.29 is 14.3 Å². The van der Waals surface area contributed by atoms with Gasteiger partial charge in [0.15, 0.2) is 0 Å². The number of carbonyl (C=O) groups is 2. The van der Waals surface area contributed by atoms with Gasteiger partial charge in [-0.25, -0.2) is 4.79 Å². The van der Waals surface area contributed by atoms with Crippen LogP contribution in [0.2, 0.25) is 0 Å². The number of nitrogens with zero attached hydrogens (tertiary/aromatic N) is 1. The summed E-state index contributed by atoms with van der Waals surface area (Å²) in [6.07, 6.45) is -0.376. The molecule has 5 heteroatoms. The first-order chi connectivity index (χ1) is 12.8. The molecule has 2 aromatic carbocycles. The van der Waals surface area contributed by atoms with Crippen molar-refractivity contribution in [2.24, 2.45) is 5.92 Å². The highest BCUT2D eigenvalue weighted by Crippen LogP contribution is 2.34. The minimum atomic E-state index is -0.566. The summed E-state index contributed by atoms with van der Waals surface area (Å²) in [5, 5.41) is 2.97. The Bertz CT molecular complexity index is 784. The van der Waals surface area contributed by atoms with E-state index in [1.165, 1.54) is 0 Å². The number of para-hydroxylation sites is 1. The number of carbonyl (C=O) groups excluding carboxylic acids is 2. The molecular weight excluding hydrogens is 340 g/mol. The minimum Gasteiger partial charge on any atom is -0.444 e. The molecule has 3 rings (SSSR count). The molecule has 1 N–H and O–H groups in total. The zero-order valence-electron chi connectivity index (χ0n) is 16.0. The number of hydrogen-bond donors (Lipinski definition) is 1. The third-order valence-corrected chi connectivity index (χ3v) is 4.58. The predicted octanol–water partition coefficient (Wildman–Crippen LogP) is 4.28. The molecule has 1 aliphatic rings. The van der Waals surface area contributed by atoms with Crippen molar-refractivity contribution in [2.75, 3.05) is 18.4 Å². The van der Waals surface area contributed by atoms with Gasteiger partial charge in [0.1, 0.15) is 5.60 Å². The highest BCUT2D eigenvalue weighted by atomic mass is 16.6. The number of rotatable bonds is 3. The number of nitrogens with one attached hydrogen (secondary N) is 1. The van der Waals surface area contributed by atoms with Crippen LogP contribution in [-0.4, -0.2) is 35.6 Å². The second kappa shape index (κ2) is 7.82. The van der Waals surface area contributed by atoms with Crippen LogP contribution >= 0.6 is 0 Å². The topological polar surface area (TPSA) is 58.6 Å². The van der Waals surface area contributed by atoms with Gasteiger partial charge in [0.25, 0.3) is 0 Å². The summed E-state index contributed by atoms with van der Waals surface area (Å²) in [4.78, 5) is 27.1. The van der Waals surface area contributed by atoms with Crippen molar-refractivity contribution in [1.29, 1.82) is 0 Å². The number of hydrogen-bond acceptors (Lipinski definition) is 3. The maximum absolute atomic E-state index is 13.0. The summed E-state index contributed by atoms with van der Waals surface area (Å²) >= 11 is 0. The van der Waals surface area contributed by atoms with Gasteiger partial charge >= 0.3 is 6.09 Å². The van der Waals surface area contributed by atoms with Gasteiger partial charge in [0, 0.05) is 24.7 Å². The third kappa shape index (κ3) is 4.88. The molecule has 2 aromatic rings. The Labute approximate surface area is 160 Å². The van der Waals surface area contributed by atoms with Crippen molar-refractivity contribution in [3.63, 3.8) is 0 Å². The van der Waals surface area contributed by atoms with Crippen LogP contribution in [0.25, 0.3) is 0 Å². The molecule has 1 aliphatic heterocycles. The van der Waals surface area contributed by atoms with Gasteiger partial charge in [0.05, 0.1) is 5.92 Å². The largest absolute Gasteiger partial charge is 0.444 e. The molecule has 1 saturated heterocycles. The van der Waals surface area contributed by atoms with Gasteiger partial charge in [-0.2, -0.15) is 0 Å². The Morgan fingerprint density at radius 1 is 0.963 bits per heavy atom. The molecular formula is C22H26N2O3. The van der Waals surface area contributed by atoms with Crippen LogP contribution in [0.15, 0.2) is 60.7 Å². The van der Waals surface area contributed by atoms with Crippen molar-refractivity contribution in [3.05, 3.63) is 66.2 Å². The molecule has 0 aromatic heterocycles. The Morgan fingerprint density at radius 2 is 1.56 bits per heavy atom. The van der Waals surface area contributed by atoms with Crippen molar-refractivity contribution in [2.45, 2.75) is 32.3 Å². The first-order valence-corrected chi connectivity index (χ1v) is 9.22. The van der Waals surface area contributed by atoms with Gasteiger partial charge in [0.2, 0.25) is 5.91 Å². The van der Waals surface area contributed by atoms with Gasteiger partial charge < -0.3 is 15.0 Å². The molecule has 0 unspecified atom stereocenters. The fourth-order valence-electron chi connectivity index (χ4n) is 3.34. The number of likely N-dealkylation sites (tertiary alicyclic amines) is 1. The molecule has 1 heterocycles. The SMILES string of the molecule is CC(C)(C)OC(=O)N1C[C@H](C(=O)Nc2ccccc2)[C@@H](c2ccccc2)C1. The van der Waals surface area contributed by atoms with E-state index in [2.05, 4.69) is 5.32 Å². The smallest absolute Gasteiger partial charge is 0.410 e. The Balaban J connectivity index is 1.80. The lowest BCUT2D eigenvalue weighted by atomic mass is 9.88. The summed E-state index contributed by atoms with van der Waals surface area (Å²) in [6, 6.07) is 19.3. The average Bonchev–Trinajstić information content (AvgIpc) is 3.08. The van der Waals surface area contributed by atoms with E-state index < -0.39 is 5.60 Å². The van der Waals surface area contributed by atoms with Gasteiger partial charge in [-0.1, -0.05) is 48.5 Å². The molecule has 142 valence electrons. The van der Waals surface area contributed by atoms with Crippen molar-refractivity contribution in [1.82, 2.24) is 4.90 Å². The van der Waals surface area contributed by atoms with E-state index in [0.717, 1.165) is 11.3 Å². The van der Waals surface area contributed by atoms with Crippen LogP contribution in [0.1, 0.15) is 32.3 Å². The first-order valence-electron chi connectivity index (χ1n) is 9.22. The van der Waals surface area contributed by atoms with E-state index >= 15 is 0 Å². The maximum Gasteiger partial charge on any atom is 0.410 e.